The number of hydrogen-bond acceptors (Lipinski definition) is 5. The molecule has 0 radical (unpaired) electrons. The van der Waals surface area contributed by atoms with Crippen molar-refractivity contribution < 1.29 is 17.9 Å². The predicted molar refractivity (Wildman–Crippen MR) is 115 cm³/mol. The number of anilines is 1. The Kier molecular flexibility index (Phi) is 6.36. The van der Waals surface area contributed by atoms with E-state index in [1.165, 1.54) is 4.31 Å². The predicted octanol–water partition coefficient (Wildman–Crippen LogP) is 1.89. The van der Waals surface area contributed by atoms with Crippen molar-refractivity contribution in [2.24, 2.45) is 0 Å². The molecule has 0 aliphatic carbocycles. The number of sulfonamides is 1. The van der Waals surface area contributed by atoms with Crippen LogP contribution in [0.1, 0.15) is 22.3 Å². The first kappa shape index (κ1) is 20.8. The van der Waals surface area contributed by atoms with Crippen molar-refractivity contribution in [3.05, 3.63) is 59.7 Å². The average Bonchev–Trinajstić information content (AvgIpc) is 3.22. The first-order chi connectivity index (χ1) is 14.6. The number of carbonyl (C=O) groups is 1. The van der Waals surface area contributed by atoms with E-state index < -0.39 is 10.0 Å². The van der Waals surface area contributed by atoms with E-state index in [2.05, 4.69) is 10.2 Å². The molecule has 4 rings (SSSR count). The maximum absolute atomic E-state index is 13.0. The second kappa shape index (κ2) is 9.16. The molecule has 0 spiro atoms. The van der Waals surface area contributed by atoms with E-state index in [-0.39, 0.29) is 10.8 Å². The summed E-state index contributed by atoms with van der Waals surface area (Å²) in [4.78, 5) is 15.1. The molecular weight excluding hydrogens is 402 g/mol. The molecule has 1 N–H and O–H groups in total. The van der Waals surface area contributed by atoms with Gasteiger partial charge >= 0.3 is 0 Å². The van der Waals surface area contributed by atoms with Crippen LogP contribution < -0.4 is 9.62 Å². The van der Waals surface area contributed by atoms with Gasteiger partial charge in [0.05, 0.1) is 23.8 Å². The van der Waals surface area contributed by atoms with Gasteiger partial charge in [0.2, 0.25) is 0 Å². The van der Waals surface area contributed by atoms with Gasteiger partial charge in [-0.15, -0.1) is 0 Å². The van der Waals surface area contributed by atoms with Crippen molar-refractivity contribution in [1.29, 1.82) is 0 Å². The number of benzene rings is 2. The van der Waals surface area contributed by atoms with Crippen LogP contribution in [-0.4, -0.2) is 65.2 Å². The third-order valence-electron chi connectivity index (χ3n) is 5.57. The second-order valence-electron chi connectivity index (χ2n) is 7.55. The molecule has 0 unspecified atom stereocenters. The van der Waals surface area contributed by atoms with Gasteiger partial charge in [-0.1, -0.05) is 18.2 Å². The number of rotatable bonds is 7. The van der Waals surface area contributed by atoms with Gasteiger partial charge in [0, 0.05) is 31.7 Å². The van der Waals surface area contributed by atoms with E-state index in [1.54, 1.807) is 42.5 Å². The number of carbonyl (C=O) groups excluding carboxylic acids is 1. The minimum Gasteiger partial charge on any atom is -0.379 e. The summed E-state index contributed by atoms with van der Waals surface area (Å²) in [6.07, 6.45) is 1.49. The fraction of sp³-hybridized carbons (Fsp3) is 0.409. The Bertz CT molecular complexity index is 989. The van der Waals surface area contributed by atoms with Crippen LogP contribution >= 0.6 is 0 Å². The van der Waals surface area contributed by atoms with Gasteiger partial charge in [0.15, 0.2) is 0 Å². The van der Waals surface area contributed by atoms with Crippen LogP contribution in [0, 0.1) is 0 Å². The lowest BCUT2D eigenvalue weighted by Gasteiger charge is -2.26. The summed E-state index contributed by atoms with van der Waals surface area (Å²) >= 11 is 0. The van der Waals surface area contributed by atoms with Crippen molar-refractivity contribution in [1.82, 2.24) is 10.2 Å². The summed E-state index contributed by atoms with van der Waals surface area (Å²) < 4.78 is 32.7. The highest BCUT2D eigenvalue weighted by Crippen LogP contribution is 2.33. The number of nitrogens with one attached hydrogen (secondary N) is 1. The van der Waals surface area contributed by atoms with Crippen molar-refractivity contribution in [2.45, 2.75) is 17.7 Å². The van der Waals surface area contributed by atoms with Crippen molar-refractivity contribution >= 4 is 21.6 Å². The first-order valence-corrected chi connectivity index (χ1v) is 11.8. The van der Waals surface area contributed by atoms with Crippen molar-refractivity contribution in [3.8, 4) is 0 Å². The monoisotopic (exact) mass is 429 g/mol. The zero-order chi connectivity index (χ0) is 21.0. The quantitative estimate of drug-likeness (QED) is 0.680. The minimum absolute atomic E-state index is 0.121. The smallest absolute Gasteiger partial charge is 0.264 e. The molecule has 0 atom stereocenters. The Morgan fingerprint density at radius 3 is 2.57 bits per heavy atom. The number of nitrogens with zero attached hydrogens (tertiary/aromatic N) is 2. The zero-order valence-electron chi connectivity index (χ0n) is 16.9. The summed E-state index contributed by atoms with van der Waals surface area (Å²) in [6.45, 7) is 5.39. The summed E-state index contributed by atoms with van der Waals surface area (Å²) in [5, 5.41) is 2.97. The molecule has 0 bridgehead atoms. The molecule has 160 valence electrons. The Morgan fingerprint density at radius 1 is 1.03 bits per heavy atom. The summed E-state index contributed by atoms with van der Waals surface area (Å²) in [7, 11) is -3.59. The van der Waals surface area contributed by atoms with Crippen LogP contribution in [-0.2, 0) is 21.2 Å². The molecule has 7 nitrogen and oxygen atoms in total. The highest BCUT2D eigenvalue weighted by atomic mass is 32.2. The van der Waals surface area contributed by atoms with Gasteiger partial charge in [-0.05, 0) is 55.3 Å². The molecule has 1 saturated heterocycles. The number of morpholine rings is 1. The third-order valence-corrected chi connectivity index (χ3v) is 7.39. The van der Waals surface area contributed by atoms with Crippen LogP contribution in [0.15, 0.2) is 53.4 Å². The van der Waals surface area contributed by atoms with Gasteiger partial charge in [0.25, 0.3) is 15.9 Å². The van der Waals surface area contributed by atoms with Gasteiger partial charge in [-0.25, -0.2) is 8.42 Å². The van der Waals surface area contributed by atoms with E-state index in [4.69, 9.17) is 4.74 Å². The Hall–Kier alpha value is -2.42. The number of hydrogen-bond donors (Lipinski definition) is 1. The van der Waals surface area contributed by atoms with E-state index in [0.717, 1.165) is 44.8 Å². The van der Waals surface area contributed by atoms with Crippen molar-refractivity contribution in [2.75, 3.05) is 50.2 Å². The van der Waals surface area contributed by atoms with E-state index in [0.29, 0.717) is 30.8 Å². The maximum Gasteiger partial charge on any atom is 0.264 e. The Morgan fingerprint density at radius 2 is 1.80 bits per heavy atom. The molecule has 1 amide bonds. The fourth-order valence-corrected chi connectivity index (χ4v) is 5.44. The van der Waals surface area contributed by atoms with Crippen LogP contribution in [0.25, 0.3) is 0 Å². The lowest BCUT2D eigenvalue weighted by atomic mass is 10.1. The van der Waals surface area contributed by atoms with Crippen LogP contribution in [0.5, 0.6) is 0 Å². The average molecular weight is 430 g/mol. The molecule has 2 aromatic carbocycles. The summed E-state index contributed by atoms with van der Waals surface area (Å²) in [6, 6.07) is 13.7. The van der Waals surface area contributed by atoms with E-state index in [1.807, 2.05) is 6.07 Å². The SMILES string of the molecule is O=C(NCCCN1CCOCC1)c1ccc2c(c1)CCN2S(=O)(=O)c1ccccc1. The van der Waals surface area contributed by atoms with Crippen LogP contribution in [0.3, 0.4) is 0 Å². The Labute approximate surface area is 177 Å². The minimum atomic E-state index is -3.59. The summed E-state index contributed by atoms with van der Waals surface area (Å²) in [5.41, 5.74) is 2.11. The molecule has 2 aromatic rings. The molecule has 0 saturated carbocycles. The van der Waals surface area contributed by atoms with Crippen LogP contribution in [0.2, 0.25) is 0 Å². The lowest BCUT2D eigenvalue weighted by molar-refractivity contribution is 0.0374. The lowest BCUT2D eigenvalue weighted by Crippen LogP contribution is -2.38. The second-order valence-corrected chi connectivity index (χ2v) is 9.41. The van der Waals surface area contributed by atoms with E-state index in [9.17, 15) is 13.2 Å². The molecule has 2 heterocycles. The Balaban J connectivity index is 1.37. The molecule has 0 aromatic heterocycles. The normalized spacial score (nSPS) is 17.0. The zero-order valence-corrected chi connectivity index (χ0v) is 17.7. The van der Waals surface area contributed by atoms with Gasteiger partial charge in [0.1, 0.15) is 0 Å². The molecule has 8 heteroatoms. The van der Waals surface area contributed by atoms with Crippen molar-refractivity contribution in [3.63, 3.8) is 0 Å². The summed E-state index contributed by atoms with van der Waals surface area (Å²) in [5.74, 6) is -0.121. The van der Waals surface area contributed by atoms with Gasteiger partial charge < -0.3 is 10.1 Å². The molecule has 2 aliphatic heterocycles. The number of fused-ring (bicyclic) bond motifs is 1. The highest BCUT2D eigenvalue weighted by Gasteiger charge is 2.31. The van der Waals surface area contributed by atoms with E-state index >= 15 is 0 Å². The number of ether oxygens (including phenoxy) is 1. The third kappa shape index (κ3) is 4.50. The molecule has 30 heavy (non-hydrogen) atoms. The van der Waals surface area contributed by atoms with Crippen LogP contribution in [0.4, 0.5) is 5.69 Å². The van der Waals surface area contributed by atoms with Gasteiger partial charge in [-0.3, -0.25) is 14.0 Å². The largest absolute Gasteiger partial charge is 0.379 e. The molecule has 2 aliphatic rings. The number of amides is 1. The molecular formula is C22H27N3O4S. The van der Waals surface area contributed by atoms with Gasteiger partial charge in [-0.2, -0.15) is 0 Å². The topological polar surface area (TPSA) is 79.0 Å². The maximum atomic E-state index is 13.0. The highest BCUT2D eigenvalue weighted by molar-refractivity contribution is 7.92. The fourth-order valence-electron chi connectivity index (χ4n) is 3.91. The standard InChI is InChI=1S/C22H27N3O4S/c26-22(23-10-4-11-24-13-15-29-16-14-24)19-7-8-21-18(17-19)9-12-25(21)30(27,28)20-5-2-1-3-6-20/h1-3,5-8,17H,4,9-16H2,(H,23,26). The first-order valence-electron chi connectivity index (χ1n) is 10.3. The molecule has 1 fully saturated rings.